The fourth-order valence-electron chi connectivity index (χ4n) is 1.24. The number of H-pyrrole nitrogens is 1. The van der Waals surface area contributed by atoms with Crippen molar-refractivity contribution >= 4 is 17.3 Å². The topological polar surface area (TPSA) is 96.7 Å². The molecule has 0 aliphatic rings. The van der Waals surface area contributed by atoms with Gasteiger partial charge in [-0.2, -0.15) is 9.97 Å². The van der Waals surface area contributed by atoms with E-state index < -0.39 is 5.69 Å². The van der Waals surface area contributed by atoms with Crippen LogP contribution >= 0.6 is 0 Å². The monoisotopic (exact) mass is 217 g/mol. The number of aromatic nitrogens is 3. The average Bonchev–Trinajstić information content (AvgIpc) is 2.20. The zero-order valence-electron chi connectivity index (χ0n) is 8.69. The summed E-state index contributed by atoms with van der Waals surface area (Å²) < 4.78 is 0. The summed E-state index contributed by atoms with van der Waals surface area (Å²) in [5.74, 6) is 0.781. The molecule has 0 radical (unpaired) electrons. The normalized spacial score (nSPS) is 10.1. The van der Waals surface area contributed by atoms with Crippen LogP contribution in [0.4, 0.5) is 17.3 Å². The molecule has 4 N–H and O–H groups in total. The number of nitrogens with zero attached hydrogens (tertiary/aromatic N) is 2. The lowest BCUT2D eigenvalue weighted by Crippen LogP contribution is -2.15. The third-order valence-corrected chi connectivity index (χ3v) is 1.94. The van der Waals surface area contributed by atoms with Crippen LogP contribution in [0.15, 0.2) is 29.1 Å². The van der Waals surface area contributed by atoms with Gasteiger partial charge in [-0.15, -0.1) is 0 Å². The third-order valence-electron chi connectivity index (χ3n) is 1.94. The zero-order chi connectivity index (χ0) is 11.5. The number of nitrogens with two attached hydrogens (primary N) is 1. The van der Waals surface area contributed by atoms with Crippen LogP contribution in [0.3, 0.4) is 0 Å². The van der Waals surface area contributed by atoms with Gasteiger partial charge in [-0.05, 0) is 31.2 Å². The second kappa shape index (κ2) is 4.01. The Bertz CT molecular complexity index is 546. The van der Waals surface area contributed by atoms with Gasteiger partial charge in [0.15, 0.2) is 0 Å². The van der Waals surface area contributed by atoms with Gasteiger partial charge in [-0.1, -0.05) is 0 Å². The molecule has 0 saturated carbocycles. The number of hydrogen-bond donors (Lipinski definition) is 3. The Hall–Kier alpha value is -2.37. The van der Waals surface area contributed by atoms with Crippen molar-refractivity contribution < 1.29 is 0 Å². The van der Waals surface area contributed by atoms with Crippen LogP contribution in [0, 0.1) is 6.92 Å². The number of aryl methyl sites for hydroxylation is 1. The van der Waals surface area contributed by atoms with Crippen LogP contribution in [0.2, 0.25) is 0 Å². The average molecular weight is 217 g/mol. The summed E-state index contributed by atoms with van der Waals surface area (Å²) in [4.78, 5) is 21.3. The first-order valence-electron chi connectivity index (χ1n) is 4.71. The highest BCUT2D eigenvalue weighted by Gasteiger charge is 1.99. The lowest BCUT2D eigenvalue weighted by molar-refractivity contribution is 0.935. The maximum atomic E-state index is 11.1. The predicted molar refractivity (Wildman–Crippen MR) is 61.5 cm³/mol. The molecule has 6 heteroatoms. The van der Waals surface area contributed by atoms with Crippen molar-refractivity contribution in [2.45, 2.75) is 6.92 Å². The first-order chi connectivity index (χ1) is 7.63. The highest BCUT2D eigenvalue weighted by atomic mass is 16.1. The summed E-state index contributed by atoms with van der Waals surface area (Å²) in [7, 11) is 0. The Labute approximate surface area is 91.6 Å². The number of rotatable bonds is 2. The molecule has 2 aromatic rings. The lowest BCUT2D eigenvalue weighted by Gasteiger charge is -2.04. The summed E-state index contributed by atoms with van der Waals surface area (Å²) in [5.41, 5.74) is 6.58. The van der Waals surface area contributed by atoms with Crippen molar-refractivity contribution in [1.82, 2.24) is 15.0 Å². The molecule has 82 valence electrons. The number of anilines is 3. The number of nitrogens with one attached hydrogen (secondary N) is 2. The maximum absolute atomic E-state index is 11.1. The standard InChI is InChI=1S/C10H11N5O/c1-6-12-9(15-10(16)13-6)14-8-4-2-7(11)3-5-8/h2-5H,11H2,1H3,(H2,12,13,14,15,16). The molecule has 1 heterocycles. The van der Waals surface area contributed by atoms with E-state index in [1.54, 1.807) is 31.2 Å². The fourth-order valence-corrected chi connectivity index (χ4v) is 1.24. The van der Waals surface area contributed by atoms with Gasteiger partial charge in [0, 0.05) is 11.4 Å². The smallest absolute Gasteiger partial charge is 0.349 e. The van der Waals surface area contributed by atoms with Crippen LogP contribution in [0.25, 0.3) is 0 Å². The molecule has 16 heavy (non-hydrogen) atoms. The van der Waals surface area contributed by atoms with Crippen LogP contribution in [-0.2, 0) is 0 Å². The molecule has 0 amide bonds. The number of nitrogen functional groups attached to an aromatic ring is 1. The van der Waals surface area contributed by atoms with Crippen molar-refractivity contribution in [3.05, 3.63) is 40.6 Å². The number of hydrogen-bond acceptors (Lipinski definition) is 5. The number of aromatic amines is 1. The van der Waals surface area contributed by atoms with Gasteiger partial charge < -0.3 is 11.1 Å². The Morgan fingerprint density at radius 2 is 1.94 bits per heavy atom. The third kappa shape index (κ3) is 2.35. The highest BCUT2D eigenvalue weighted by molar-refractivity contribution is 5.56. The minimum absolute atomic E-state index is 0.269. The van der Waals surface area contributed by atoms with Gasteiger partial charge in [0.25, 0.3) is 0 Å². The van der Waals surface area contributed by atoms with Crippen LogP contribution in [-0.4, -0.2) is 15.0 Å². The van der Waals surface area contributed by atoms with Gasteiger partial charge in [-0.25, -0.2) is 4.79 Å². The van der Waals surface area contributed by atoms with Crippen molar-refractivity contribution in [3.63, 3.8) is 0 Å². The van der Waals surface area contributed by atoms with Gasteiger partial charge in [0.1, 0.15) is 5.82 Å². The SMILES string of the molecule is Cc1nc(Nc2ccc(N)cc2)nc(=O)[nH]1. The highest BCUT2D eigenvalue weighted by Crippen LogP contribution is 2.13. The van der Waals surface area contributed by atoms with E-state index in [1.165, 1.54) is 0 Å². The molecule has 0 unspecified atom stereocenters. The minimum Gasteiger partial charge on any atom is -0.399 e. The Morgan fingerprint density at radius 3 is 2.56 bits per heavy atom. The first-order valence-corrected chi connectivity index (χ1v) is 4.71. The molecular formula is C10H11N5O. The summed E-state index contributed by atoms with van der Waals surface area (Å²) in [6.07, 6.45) is 0. The molecule has 0 aliphatic carbocycles. The van der Waals surface area contributed by atoms with Gasteiger partial charge in [0.05, 0.1) is 0 Å². The summed E-state index contributed by atoms with van der Waals surface area (Å²) in [5, 5.41) is 2.92. The van der Waals surface area contributed by atoms with Gasteiger partial charge in [-0.3, -0.25) is 4.98 Å². The molecule has 0 fully saturated rings. The van der Waals surface area contributed by atoms with E-state index >= 15 is 0 Å². The summed E-state index contributed by atoms with van der Waals surface area (Å²) in [6.45, 7) is 1.69. The van der Waals surface area contributed by atoms with Crippen LogP contribution in [0.1, 0.15) is 5.82 Å². The van der Waals surface area contributed by atoms with E-state index in [0.717, 1.165) is 5.69 Å². The molecule has 0 saturated heterocycles. The predicted octanol–water partition coefficient (Wildman–Crippen LogP) is 0.799. The Morgan fingerprint density at radius 1 is 1.25 bits per heavy atom. The molecule has 2 rings (SSSR count). The van der Waals surface area contributed by atoms with E-state index in [0.29, 0.717) is 11.5 Å². The molecule has 0 atom stereocenters. The van der Waals surface area contributed by atoms with Gasteiger partial charge >= 0.3 is 5.69 Å². The van der Waals surface area contributed by atoms with E-state index in [9.17, 15) is 4.79 Å². The molecule has 0 spiro atoms. The van der Waals surface area contributed by atoms with E-state index in [-0.39, 0.29) is 5.95 Å². The van der Waals surface area contributed by atoms with E-state index in [4.69, 9.17) is 5.73 Å². The minimum atomic E-state index is -0.426. The molecule has 0 bridgehead atoms. The summed E-state index contributed by atoms with van der Waals surface area (Å²) in [6, 6.07) is 7.08. The Balaban J connectivity index is 2.26. The maximum Gasteiger partial charge on any atom is 0.349 e. The van der Waals surface area contributed by atoms with E-state index in [1.807, 2.05) is 0 Å². The molecule has 1 aromatic heterocycles. The molecule has 6 nitrogen and oxygen atoms in total. The largest absolute Gasteiger partial charge is 0.399 e. The fraction of sp³-hybridized carbons (Fsp3) is 0.100. The Kier molecular flexibility index (Phi) is 2.55. The first kappa shape index (κ1) is 10.2. The molecule has 1 aromatic carbocycles. The summed E-state index contributed by atoms with van der Waals surface area (Å²) >= 11 is 0. The van der Waals surface area contributed by atoms with Crippen molar-refractivity contribution in [3.8, 4) is 0 Å². The number of benzene rings is 1. The van der Waals surface area contributed by atoms with Crippen LogP contribution in [0.5, 0.6) is 0 Å². The van der Waals surface area contributed by atoms with Crippen molar-refractivity contribution in [2.24, 2.45) is 0 Å². The lowest BCUT2D eigenvalue weighted by atomic mass is 10.3. The van der Waals surface area contributed by atoms with Crippen molar-refractivity contribution in [1.29, 1.82) is 0 Å². The van der Waals surface area contributed by atoms with Crippen molar-refractivity contribution in [2.75, 3.05) is 11.1 Å². The van der Waals surface area contributed by atoms with Gasteiger partial charge in [0.2, 0.25) is 5.95 Å². The van der Waals surface area contributed by atoms with Crippen LogP contribution < -0.4 is 16.7 Å². The van der Waals surface area contributed by atoms with E-state index in [2.05, 4.69) is 20.3 Å². The molecular weight excluding hydrogens is 206 g/mol. The second-order valence-electron chi connectivity index (χ2n) is 3.31. The zero-order valence-corrected chi connectivity index (χ0v) is 8.69. The second-order valence-corrected chi connectivity index (χ2v) is 3.31. The quantitative estimate of drug-likeness (QED) is 0.646. The molecule has 0 aliphatic heterocycles.